The van der Waals surface area contributed by atoms with E-state index < -0.39 is 11.6 Å². The summed E-state index contributed by atoms with van der Waals surface area (Å²) in [5.74, 6) is -0.866. The lowest BCUT2D eigenvalue weighted by molar-refractivity contribution is 0.583. The molecule has 1 aliphatic rings. The van der Waals surface area contributed by atoms with Crippen LogP contribution < -0.4 is 5.32 Å². The van der Waals surface area contributed by atoms with Crippen LogP contribution in [0, 0.1) is 11.6 Å². The molecule has 5 heteroatoms. The molecule has 1 aromatic heterocycles. The van der Waals surface area contributed by atoms with Crippen molar-refractivity contribution in [1.29, 1.82) is 0 Å². The zero-order chi connectivity index (χ0) is 12.5. The lowest BCUT2D eigenvalue weighted by atomic mass is 10.1. The second-order valence-corrected chi connectivity index (χ2v) is 4.25. The highest BCUT2D eigenvalue weighted by Crippen LogP contribution is 2.20. The highest BCUT2D eigenvalue weighted by atomic mass is 19.1. The van der Waals surface area contributed by atoms with Gasteiger partial charge in [-0.2, -0.15) is 0 Å². The van der Waals surface area contributed by atoms with Crippen molar-refractivity contribution in [3.8, 4) is 11.4 Å². The summed E-state index contributed by atoms with van der Waals surface area (Å²) in [6.07, 6.45) is 2.52. The van der Waals surface area contributed by atoms with E-state index in [4.69, 9.17) is 0 Å². The first-order chi connectivity index (χ1) is 8.72. The van der Waals surface area contributed by atoms with Crippen LogP contribution in [0.5, 0.6) is 0 Å². The molecule has 0 atom stereocenters. The molecule has 0 saturated heterocycles. The number of fused-ring (bicyclic) bond motifs is 1. The molecule has 2 aromatic rings. The Bertz CT molecular complexity index is 579. The zero-order valence-electron chi connectivity index (χ0n) is 9.58. The number of aromatic nitrogens is 2. The van der Waals surface area contributed by atoms with Crippen molar-refractivity contribution < 1.29 is 8.78 Å². The van der Waals surface area contributed by atoms with Crippen molar-refractivity contribution in [3.63, 3.8) is 0 Å². The molecule has 1 aliphatic heterocycles. The summed E-state index contributed by atoms with van der Waals surface area (Å²) in [6, 6.07) is 3.32. The average molecular weight is 247 g/mol. The van der Waals surface area contributed by atoms with Gasteiger partial charge < -0.3 is 5.32 Å². The van der Waals surface area contributed by atoms with Gasteiger partial charge in [0, 0.05) is 42.9 Å². The summed E-state index contributed by atoms with van der Waals surface area (Å²) >= 11 is 0. The largest absolute Gasteiger partial charge is 0.312 e. The van der Waals surface area contributed by atoms with Crippen molar-refractivity contribution in [2.24, 2.45) is 0 Å². The number of hydrogen-bond donors (Lipinski definition) is 1. The maximum absolute atomic E-state index is 13.1. The monoisotopic (exact) mass is 247 g/mol. The van der Waals surface area contributed by atoms with Gasteiger partial charge in [-0.3, -0.25) is 0 Å². The summed E-state index contributed by atoms with van der Waals surface area (Å²) in [5.41, 5.74) is 2.36. The predicted octanol–water partition coefficient (Wildman–Crippen LogP) is 2.07. The number of rotatable bonds is 1. The van der Waals surface area contributed by atoms with Gasteiger partial charge in [-0.15, -0.1) is 0 Å². The second-order valence-electron chi connectivity index (χ2n) is 4.25. The van der Waals surface area contributed by atoms with E-state index in [1.165, 1.54) is 12.1 Å². The average Bonchev–Trinajstić information content (AvgIpc) is 2.37. The van der Waals surface area contributed by atoms with Crippen LogP contribution in [0.25, 0.3) is 11.4 Å². The second kappa shape index (κ2) is 4.42. The molecule has 0 aliphatic carbocycles. The Kier molecular flexibility index (Phi) is 2.76. The fourth-order valence-electron chi connectivity index (χ4n) is 2.06. The Balaban J connectivity index is 2.06. The van der Waals surface area contributed by atoms with E-state index >= 15 is 0 Å². The van der Waals surface area contributed by atoms with Crippen molar-refractivity contribution in [3.05, 3.63) is 47.3 Å². The molecular formula is C13H11F2N3. The Hall–Kier alpha value is -1.88. The third kappa shape index (κ3) is 2.09. The lowest BCUT2D eigenvalue weighted by Gasteiger charge is -2.16. The quantitative estimate of drug-likeness (QED) is 0.838. The molecule has 0 spiro atoms. The van der Waals surface area contributed by atoms with E-state index in [2.05, 4.69) is 15.3 Å². The van der Waals surface area contributed by atoms with Gasteiger partial charge in [-0.1, -0.05) is 0 Å². The minimum atomic E-state index is -0.618. The van der Waals surface area contributed by atoms with Gasteiger partial charge in [-0.05, 0) is 12.1 Å². The van der Waals surface area contributed by atoms with Gasteiger partial charge in [0.15, 0.2) is 5.82 Å². The normalized spacial score (nSPS) is 14.3. The van der Waals surface area contributed by atoms with Gasteiger partial charge in [0.1, 0.15) is 11.6 Å². The standard InChI is InChI=1S/C13H11F2N3/c14-10-3-8(4-11(15)5-10)13-17-7-9-6-16-2-1-12(9)18-13/h3-5,7,16H,1-2,6H2. The minimum Gasteiger partial charge on any atom is -0.312 e. The van der Waals surface area contributed by atoms with Crippen LogP contribution in [0.4, 0.5) is 8.78 Å². The zero-order valence-corrected chi connectivity index (χ0v) is 9.58. The molecular weight excluding hydrogens is 236 g/mol. The first kappa shape index (κ1) is 11.2. The summed E-state index contributed by atoms with van der Waals surface area (Å²) in [5, 5.41) is 3.22. The van der Waals surface area contributed by atoms with Gasteiger partial charge in [0.05, 0.1) is 5.69 Å². The number of hydrogen-bond acceptors (Lipinski definition) is 3. The van der Waals surface area contributed by atoms with Crippen molar-refractivity contribution in [2.75, 3.05) is 6.54 Å². The maximum Gasteiger partial charge on any atom is 0.159 e. The number of nitrogens with one attached hydrogen (secondary N) is 1. The van der Waals surface area contributed by atoms with E-state index in [0.29, 0.717) is 11.4 Å². The smallest absolute Gasteiger partial charge is 0.159 e. The molecule has 3 nitrogen and oxygen atoms in total. The van der Waals surface area contributed by atoms with Crippen LogP contribution in [-0.4, -0.2) is 16.5 Å². The highest BCUT2D eigenvalue weighted by Gasteiger charge is 2.13. The van der Waals surface area contributed by atoms with Crippen molar-refractivity contribution >= 4 is 0 Å². The molecule has 0 radical (unpaired) electrons. The molecule has 0 amide bonds. The molecule has 1 N–H and O–H groups in total. The first-order valence-electron chi connectivity index (χ1n) is 5.74. The molecule has 3 rings (SSSR count). The van der Waals surface area contributed by atoms with Crippen LogP contribution >= 0.6 is 0 Å². The maximum atomic E-state index is 13.1. The third-order valence-corrected chi connectivity index (χ3v) is 2.93. The SMILES string of the molecule is Fc1cc(F)cc(-c2ncc3c(n2)CCNC3)c1. The third-order valence-electron chi connectivity index (χ3n) is 2.93. The van der Waals surface area contributed by atoms with Crippen LogP contribution in [0.2, 0.25) is 0 Å². The fraction of sp³-hybridized carbons (Fsp3) is 0.231. The van der Waals surface area contributed by atoms with Crippen molar-refractivity contribution in [2.45, 2.75) is 13.0 Å². The van der Waals surface area contributed by atoms with E-state index in [1.807, 2.05) is 0 Å². The summed E-state index contributed by atoms with van der Waals surface area (Å²) in [7, 11) is 0. The summed E-state index contributed by atoms with van der Waals surface area (Å²) < 4.78 is 26.3. The van der Waals surface area contributed by atoms with Crippen molar-refractivity contribution in [1.82, 2.24) is 15.3 Å². The number of benzene rings is 1. The highest BCUT2D eigenvalue weighted by molar-refractivity contribution is 5.55. The molecule has 18 heavy (non-hydrogen) atoms. The Morgan fingerprint density at radius 3 is 2.67 bits per heavy atom. The molecule has 92 valence electrons. The molecule has 1 aromatic carbocycles. The van der Waals surface area contributed by atoms with Gasteiger partial charge in [0.2, 0.25) is 0 Å². The Morgan fingerprint density at radius 2 is 1.89 bits per heavy atom. The van der Waals surface area contributed by atoms with Crippen LogP contribution in [0.3, 0.4) is 0 Å². The first-order valence-corrected chi connectivity index (χ1v) is 5.74. The topological polar surface area (TPSA) is 37.8 Å². The van der Waals surface area contributed by atoms with Gasteiger partial charge >= 0.3 is 0 Å². The van der Waals surface area contributed by atoms with Crippen LogP contribution in [-0.2, 0) is 13.0 Å². The fourth-order valence-corrected chi connectivity index (χ4v) is 2.06. The van der Waals surface area contributed by atoms with E-state index in [0.717, 1.165) is 36.8 Å². The molecule has 0 bridgehead atoms. The summed E-state index contributed by atoms with van der Waals surface area (Å²) in [4.78, 5) is 8.54. The molecule has 0 unspecified atom stereocenters. The number of nitrogens with zero attached hydrogens (tertiary/aromatic N) is 2. The summed E-state index contributed by atoms with van der Waals surface area (Å²) in [6.45, 7) is 1.61. The Labute approximate surface area is 103 Å². The molecule has 2 heterocycles. The predicted molar refractivity (Wildman–Crippen MR) is 62.8 cm³/mol. The Morgan fingerprint density at radius 1 is 1.11 bits per heavy atom. The minimum absolute atomic E-state index is 0.369. The van der Waals surface area contributed by atoms with Gasteiger partial charge in [0.25, 0.3) is 0 Å². The molecule has 0 saturated carbocycles. The van der Waals surface area contributed by atoms with E-state index in [1.54, 1.807) is 6.20 Å². The van der Waals surface area contributed by atoms with E-state index in [-0.39, 0.29) is 0 Å². The van der Waals surface area contributed by atoms with E-state index in [9.17, 15) is 8.78 Å². The molecule has 0 fully saturated rings. The van der Waals surface area contributed by atoms with Gasteiger partial charge in [-0.25, -0.2) is 18.7 Å². The lowest BCUT2D eigenvalue weighted by Crippen LogP contribution is -2.24. The van der Waals surface area contributed by atoms with Crippen LogP contribution in [0.1, 0.15) is 11.3 Å². The number of halogens is 2. The van der Waals surface area contributed by atoms with Crippen LogP contribution in [0.15, 0.2) is 24.4 Å².